The molecule has 0 spiro atoms. The first-order valence-corrected chi connectivity index (χ1v) is 10.6. The lowest BCUT2D eigenvalue weighted by atomic mass is 9.78. The Morgan fingerprint density at radius 2 is 1.86 bits per heavy atom. The fourth-order valence-corrected chi connectivity index (χ4v) is 6.93. The molecule has 7 heteroatoms. The van der Waals surface area contributed by atoms with Crippen LogP contribution < -0.4 is 5.32 Å². The maximum Gasteiger partial charge on any atom is 0.416 e. The summed E-state index contributed by atoms with van der Waals surface area (Å²) < 4.78 is 65.7. The van der Waals surface area contributed by atoms with Crippen LogP contribution >= 0.6 is 0 Å². The van der Waals surface area contributed by atoms with Gasteiger partial charge in [0.15, 0.2) is 9.84 Å². The highest BCUT2D eigenvalue weighted by atomic mass is 32.2. The minimum atomic E-state index is -4.45. The normalized spacial score (nSPS) is 24.5. The van der Waals surface area contributed by atoms with Crippen molar-refractivity contribution in [2.24, 2.45) is 0 Å². The minimum absolute atomic E-state index is 0.180. The number of halogens is 3. The van der Waals surface area contributed by atoms with E-state index in [1.54, 1.807) is 30.3 Å². The maximum absolute atomic E-state index is 13.7. The molecule has 1 N–H and O–H groups in total. The van der Waals surface area contributed by atoms with E-state index < -0.39 is 26.3 Å². The van der Waals surface area contributed by atoms with Crippen LogP contribution in [-0.2, 0) is 27.2 Å². The highest BCUT2D eigenvalue weighted by Gasteiger charge is 2.57. The highest BCUT2D eigenvalue weighted by molar-refractivity contribution is 7.92. The van der Waals surface area contributed by atoms with Crippen LogP contribution in [0, 0.1) is 0 Å². The fourth-order valence-electron chi connectivity index (χ4n) is 4.58. The molecule has 4 rings (SSSR count). The molecule has 148 valence electrons. The van der Waals surface area contributed by atoms with Gasteiger partial charge in [0.2, 0.25) is 0 Å². The number of aryl methyl sites for hydroxylation is 1. The Kier molecular flexibility index (Phi) is 4.43. The van der Waals surface area contributed by atoms with Gasteiger partial charge in [-0.05, 0) is 66.8 Å². The van der Waals surface area contributed by atoms with Crippen LogP contribution in [0.4, 0.5) is 13.2 Å². The number of benzene rings is 2. The lowest BCUT2D eigenvalue weighted by molar-refractivity contribution is -0.137. The average molecular weight is 407 g/mol. The standard InChI is InChI=1S/C21H20F3NO2S/c1-2-14-3-7-17(8-4-14)28(26,27)20-11-12-25-19(20)10-5-15-13-16(21(22,23)24)6-9-18(15)20/h2-4,6-9,13,19,25H,1,5,10-12H2. The van der Waals surface area contributed by atoms with E-state index in [1.165, 1.54) is 6.07 Å². The Hall–Kier alpha value is -2.12. The molecule has 1 saturated heterocycles. The quantitative estimate of drug-likeness (QED) is 0.824. The molecule has 2 aromatic carbocycles. The summed E-state index contributed by atoms with van der Waals surface area (Å²) >= 11 is 0. The Morgan fingerprint density at radius 3 is 2.50 bits per heavy atom. The monoisotopic (exact) mass is 407 g/mol. The smallest absolute Gasteiger partial charge is 0.312 e. The van der Waals surface area contributed by atoms with E-state index in [1.807, 2.05) is 0 Å². The number of hydrogen-bond acceptors (Lipinski definition) is 3. The van der Waals surface area contributed by atoms with Crippen molar-refractivity contribution >= 4 is 15.9 Å². The summed E-state index contributed by atoms with van der Waals surface area (Å²) in [5, 5.41) is 3.27. The van der Waals surface area contributed by atoms with Crippen molar-refractivity contribution in [3.8, 4) is 0 Å². The second kappa shape index (κ2) is 6.46. The lowest BCUT2D eigenvalue weighted by Gasteiger charge is -2.40. The summed E-state index contributed by atoms with van der Waals surface area (Å²) in [6.45, 7) is 4.18. The van der Waals surface area contributed by atoms with Crippen LogP contribution in [0.15, 0.2) is 53.9 Å². The molecule has 1 fully saturated rings. The Bertz CT molecular complexity index is 1030. The molecule has 1 aliphatic heterocycles. The molecule has 2 aliphatic rings. The summed E-state index contributed by atoms with van der Waals surface area (Å²) in [7, 11) is -3.83. The fraction of sp³-hybridized carbons (Fsp3) is 0.333. The van der Waals surface area contributed by atoms with Crippen molar-refractivity contribution in [2.45, 2.75) is 41.1 Å². The third-order valence-corrected chi connectivity index (χ3v) is 8.51. The number of rotatable bonds is 3. The zero-order valence-electron chi connectivity index (χ0n) is 15.1. The molecule has 0 amide bonds. The van der Waals surface area contributed by atoms with Crippen molar-refractivity contribution in [3.63, 3.8) is 0 Å². The molecule has 2 aromatic rings. The van der Waals surface area contributed by atoms with E-state index >= 15 is 0 Å². The number of sulfone groups is 1. The minimum Gasteiger partial charge on any atom is -0.312 e. The zero-order valence-corrected chi connectivity index (χ0v) is 15.9. The van der Waals surface area contributed by atoms with E-state index in [9.17, 15) is 21.6 Å². The second-order valence-electron chi connectivity index (χ2n) is 7.33. The van der Waals surface area contributed by atoms with Gasteiger partial charge in [0.25, 0.3) is 0 Å². The maximum atomic E-state index is 13.7. The Morgan fingerprint density at radius 1 is 1.14 bits per heavy atom. The predicted octanol–water partition coefficient (Wildman–Crippen LogP) is 4.33. The topological polar surface area (TPSA) is 46.2 Å². The van der Waals surface area contributed by atoms with Crippen molar-refractivity contribution in [2.75, 3.05) is 6.54 Å². The first-order valence-electron chi connectivity index (χ1n) is 9.11. The zero-order chi connectivity index (χ0) is 20.2. The van der Waals surface area contributed by atoms with Gasteiger partial charge in [-0.15, -0.1) is 0 Å². The molecule has 28 heavy (non-hydrogen) atoms. The Balaban J connectivity index is 1.90. The average Bonchev–Trinajstić information content (AvgIpc) is 3.13. The van der Waals surface area contributed by atoms with Crippen molar-refractivity contribution in [3.05, 3.63) is 71.3 Å². The first kappa shape index (κ1) is 19.2. The number of fused-ring (bicyclic) bond motifs is 3. The van der Waals surface area contributed by atoms with Gasteiger partial charge in [0, 0.05) is 6.04 Å². The summed E-state index contributed by atoms with van der Waals surface area (Å²) in [6.07, 6.45) is -1.58. The molecular formula is C21H20F3NO2S. The van der Waals surface area contributed by atoms with Crippen molar-refractivity contribution in [1.29, 1.82) is 0 Å². The van der Waals surface area contributed by atoms with Crippen LogP contribution in [0.2, 0.25) is 0 Å². The molecule has 2 atom stereocenters. The van der Waals surface area contributed by atoms with Gasteiger partial charge in [0.1, 0.15) is 4.75 Å². The molecule has 0 saturated carbocycles. The predicted molar refractivity (Wildman–Crippen MR) is 102 cm³/mol. The Labute approximate surface area is 162 Å². The molecular weight excluding hydrogens is 387 g/mol. The molecule has 1 heterocycles. The summed E-state index contributed by atoms with van der Waals surface area (Å²) in [6, 6.07) is 9.63. The molecule has 0 aromatic heterocycles. The lowest BCUT2D eigenvalue weighted by Crippen LogP contribution is -2.49. The van der Waals surface area contributed by atoms with E-state index in [4.69, 9.17) is 0 Å². The third kappa shape index (κ3) is 2.71. The van der Waals surface area contributed by atoms with Gasteiger partial charge < -0.3 is 5.32 Å². The van der Waals surface area contributed by atoms with Crippen molar-refractivity contribution in [1.82, 2.24) is 5.32 Å². The van der Waals surface area contributed by atoms with Crippen molar-refractivity contribution < 1.29 is 21.6 Å². The summed E-state index contributed by atoms with van der Waals surface area (Å²) in [5.41, 5.74) is 1.03. The first-order chi connectivity index (χ1) is 13.2. The van der Waals surface area contributed by atoms with E-state index in [0.717, 1.165) is 17.7 Å². The van der Waals surface area contributed by atoms with Gasteiger partial charge in [-0.2, -0.15) is 13.2 Å². The summed E-state index contributed by atoms with van der Waals surface area (Å²) in [4.78, 5) is 0.180. The van der Waals surface area contributed by atoms with Crippen LogP contribution in [0.25, 0.3) is 6.08 Å². The van der Waals surface area contributed by atoms with Crippen LogP contribution in [-0.4, -0.2) is 21.0 Å². The van der Waals surface area contributed by atoms with Crippen LogP contribution in [0.5, 0.6) is 0 Å². The molecule has 0 bridgehead atoms. The SMILES string of the molecule is C=Cc1ccc(S(=O)(=O)C23CCNC2CCc2cc(C(F)(F)F)ccc23)cc1. The van der Waals surface area contributed by atoms with Crippen LogP contribution in [0.3, 0.4) is 0 Å². The van der Waals surface area contributed by atoms with Crippen LogP contribution in [0.1, 0.15) is 35.1 Å². The number of nitrogens with one attached hydrogen (secondary N) is 1. The van der Waals surface area contributed by atoms with Gasteiger partial charge in [-0.3, -0.25) is 0 Å². The van der Waals surface area contributed by atoms with E-state index in [-0.39, 0.29) is 10.9 Å². The van der Waals surface area contributed by atoms with Gasteiger partial charge in [-0.1, -0.05) is 30.9 Å². The van der Waals surface area contributed by atoms with Gasteiger partial charge >= 0.3 is 6.18 Å². The second-order valence-corrected chi connectivity index (χ2v) is 9.54. The number of alkyl halides is 3. The van der Waals surface area contributed by atoms with E-state index in [2.05, 4.69) is 11.9 Å². The molecule has 0 radical (unpaired) electrons. The molecule has 2 unspecified atom stereocenters. The largest absolute Gasteiger partial charge is 0.416 e. The number of hydrogen-bond donors (Lipinski definition) is 1. The highest BCUT2D eigenvalue weighted by Crippen LogP contribution is 2.50. The third-order valence-electron chi connectivity index (χ3n) is 5.95. The van der Waals surface area contributed by atoms with Gasteiger partial charge in [-0.25, -0.2) is 8.42 Å². The van der Waals surface area contributed by atoms with E-state index in [0.29, 0.717) is 36.9 Å². The summed E-state index contributed by atoms with van der Waals surface area (Å²) in [5.74, 6) is 0. The molecule has 1 aliphatic carbocycles. The molecule has 3 nitrogen and oxygen atoms in total. The van der Waals surface area contributed by atoms with Gasteiger partial charge in [0.05, 0.1) is 10.5 Å².